The zero-order chi connectivity index (χ0) is 21.3. The van der Waals surface area contributed by atoms with E-state index >= 15 is 0 Å². The van der Waals surface area contributed by atoms with Crippen LogP contribution in [0.2, 0.25) is 0 Å². The third kappa shape index (κ3) is 4.78. The summed E-state index contributed by atoms with van der Waals surface area (Å²) in [4.78, 5) is 10.1. The van der Waals surface area contributed by atoms with E-state index in [2.05, 4.69) is 58.2 Å². The number of pyridine rings is 1. The number of nitrogens with zero attached hydrogens (tertiary/aromatic N) is 3. The molecule has 7 nitrogen and oxygen atoms in total. The number of rotatable bonds is 6. The number of anilines is 1. The number of nitrogen functional groups attached to an aromatic ring is 1. The van der Waals surface area contributed by atoms with Crippen molar-refractivity contribution in [3.05, 3.63) is 28.0 Å². The minimum Gasteiger partial charge on any atom is -0.486 e. The molecule has 2 aromatic heterocycles. The van der Waals surface area contributed by atoms with Crippen molar-refractivity contribution in [3.8, 4) is 11.5 Å². The standard InChI is InChI=1S/C21H26IN5O2S/c1-21(2,3)25-6-4-8-27-14-5-7-24-19(23)18(14)26-20(27)30-17-12-16-15(11-13(17)22)28-9-10-29-16/h5,7,11-12,25H,4,6,8-10H2,1-3H3,(H2,23,24)/i22-3. The van der Waals surface area contributed by atoms with E-state index in [0.717, 1.165) is 55.7 Å². The van der Waals surface area contributed by atoms with E-state index in [1.165, 1.54) is 0 Å². The highest BCUT2D eigenvalue weighted by Crippen LogP contribution is 2.41. The highest BCUT2D eigenvalue weighted by molar-refractivity contribution is 14.1. The van der Waals surface area contributed by atoms with Gasteiger partial charge < -0.3 is 25.1 Å². The van der Waals surface area contributed by atoms with E-state index in [-0.39, 0.29) is 5.54 Å². The Balaban J connectivity index is 1.64. The van der Waals surface area contributed by atoms with Crippen LogP contribution in [-0.2, 0) is 6.54 Å². The van der Waals surface area contributed by atoms with Gasteiger partial charge in [-0.25, -0.2) is 9.97 Å². The lowest BCUT2D eigenvalue weighted by Crippen LogP contribution is -2.36. The van der Waals surface area contributed by atoms with Gasteiger partial charge in [-0.2, -0.15) is 0 Å². The molecule has 0 bridgehead atoms. The minimum absolute atomic E-state index is 0.101. The molecule has 9 heteroatoms. The van der Waals surface area contributed by atoms with Crippen molar-refractivity contribution < 1.29 is 9.47 Å². The first-order valence-electron chi connectivity index (χ1n) is 9.94. The van der Waals surface area contributed by atoms with Gasteiger partial charge in [-0.3, -0.25) is 0 Å². The molecule has 0 atom stereocenters. The molecule has 0 saturated carbocycles. The Labute approximate surface area is 194 Å². The molecule has 1 aliphatic rings. The Kier molecular flexibility index (Phi) is 6.31. The molecule has 0 fully saturated rings. The van der Waals surface area contributed by atoms with Crippen molar-refractivity contribution in [1.29, 1.82) is 0 Å². The van der Waals surface area contributed by atoms with Crippen molar-refractivity contribution >= 4 is 51.2 Å². The molecule has 160 valence electrons. The van der Waals surface area contributed by atoms with Gasteiger partial charge in [-0.05, 0) is 74.5 Å². The average Bonchev–Trinajstić information content (AvgIpc) is 3.04. The van der Waals surface area contributed by atoms with E-state index < -0.39 is 0 Å². The highest BCUT2D eigenvalue weighted by Gasteiger charge is 2.19. The summed E-state index contributed by atoms with van der Waals surface area (Å²) in [6, 6.07) is 6.04. The second-order valence-corrected chi connectivity index (χ2v) is 10.3. The number of hydrogen-bond donors (Lipinski definition) is 2. The normalized spacial score (nSPS) is 13.7. The largest absolute Gasteiger partial charge is 0.486 e. The summed E-state index contributed by atoms with van der Waals surface area (Å²) in [5, 5.41) is 4.45. The van der Waals surface area contributed by atoms with Gasteiger partial charge in [-0.15, -0.1) is 0 Å². The second-order valence-electron chi connectivity index (χ2n) is 8.17. The smallest absolute Gasteiger partial charge is 0.174 e. The third-order valence-corrected chi connectivity index (χ3v) is 6.98. The van der Waals surface area contributed by atoms with Gasteiger partial charge in [0.05, 0.1) is 5.52 Å². The van der Waals surface area contributed by atoms with Gasteiger partial charge >= 0.3 is 0 Å². The summed E-state index contributed by atoms with van der Waals surface area (Å²) in [6.07, 6.45) is 2.72. The average molecular weight is 536 g/mol. The van der Waals surface area contributed by atoms with Crippen LogP contribution in [0.5, 0.6) is 11.5 Å². The first kappa shape index (κ1) is 21.5. The summed E-state index contributed by atoms with van der Waals surface area (Å²) >= 11 is 3.95. The molecule has 3 heterocycles. The number of aryl methyl sites for hydroxylation is 1. The van der Waals surface area contributed by atoms with Crippen LogP contribution < -0.4 is 20.5 Å². The number of imidazole rings is 1. The van der Waals surface area contributed by atoms with Crippen molar-refractivity contribution in [2.45, 2.75) is 49.3 Å². The maximum absolute atomic E-state index is 6.12. The number of aromatic nitrogens is 3. The van der Waals surface area contributed by atoms with Gasteiger partial charge in [0.1, 0.15) is 18.7 Å². The number of fused-ring (bicyclic) bond motifs is 2. The third-order valence-electron chi connectivity index (χ3n) is 4.67. The van der Waals surface area contributed by atoms with E-state index in [1.54, 1.807) is 18.0 Å². The first-order valence-corrected chi connectivity index (χ1v) is 11.8. The monoisotopic (exact) mass is 536 g/mol. The molecule has 0 spiro atoms. The Hall–Kier alpha value is -1.72. The fourth-order valence-corrected chi connectivity index (χ4v) is 4.99. The summed E-state index contributed by atoms with van der Waals surface area (Å²) in [5.41, 5.74) is 7.97. The molecule has 3 aromatic rings. The number of hydrogen-bond acceptors (Lipinski definition) is 7. The lowest BCUT2D eigenvalue weighted by atomic mass is 10.1. The summed E-state index contributed by atoms with van der Waals surface area (Å²) < 4.78 is 14.8. The molecule has 0 unspecified atom stereocenters. The number of nitrogens with two attached hydrogens (primary N) is 1. The molecular formula is C21H26IN5O2S. The molecular weight excluding hydrogens is 510 g/mol. The maximum Gasteiger partial charge on any atom is 0.174 e. The molecule has 3 N–H and O–H groups in total. The van der Waals surface area contributed by atoms with E-state index in [9.17, 15) is 0 Å². The van der Waals surface area contributed by atoms with E-state index in [4.69, 9.17) is 20.2 Å². The predicted molar refractivity (Wildman–Crippen MR) is 129 cm³/mol. The van der Waals surface area contributed by atoms with Crippen LogP contribution in [0.1, 0.15) is 27.2 Å². The lowest BCUT2D eigenvalue weighted by molar-refractivity contribution is 0.171. The second kappa shape index (κ2) is 8.80. The van der Waals surface area contributed by atoms with Crippen molar-refractivity contribution in [3.63, 3.8) is 0 Å². The Morgan fingerprint density at radius 3 is 2.70 bits per heavy atom. The maximum atomic E-state index is 6.12. The first-order chi connectivity index (χ1) is 14.3. The van der Waals surface area contributed by atoms with Gasteiger partial charge in [0, 0.05) is 26.7 Å². The summed E-state index contributed by atoms with van der Waals surface area (Å²) in [6.45, 7) is 9.45. The van der Waals surface area contributed by atoms with E-state index in [1.807, 2.05) is 18.2 Å². The Morgan fingerprint density at radius 2 is 1.97 bits per heavy atom. The molecule has 0 saturated heterocycles. The van der Waals surface area contributed by atoms with Gasteiger partial charge in [-0.1, -0.05) is 11.8 Å². The van der Waals surface area contributed by atoms with Crippen molar-refractivity contribution in [1.82, 2.24) is 19.9 Å². The molecule has 0 radical (unpaired) electrons. The summed E-state index contributed by atoms with van der Waals surface area (Å²) in [5.74, 6) is 2.03. The number of ether oxygens (including phenoxy) is 2. The molecule has 1 aromatic carbocycles. The molecule has 4 rings (SSSR count). The van der Waals surface area contributed by atoms with Crippen LogP contribution in [0.25, 0.3) is 11.0 Å². The fraction of sp³-hybridized carbons (Fsp3) is 0.429. The summed E-state index contributed by atoms with van der Waals surface area (Å²) in [7, 11) is 0. The van der Waals surface area contributed by atoms with Crippen LogP contribution in [0, 0.1) is 3.57 Å². The van der Waals surface area contributed by atoms with Crippen LogP contribution in [0.4, 0.5) is 5.82 Å². The molecule has 1 aliphatic heterocycles. The van der Waals surface area contributed by atoms with Gasteiger partial charge in [0.2, 0.25) is 0 Å². The zero-order valence-electron chi connectivity index (χ0n) is 17.4. The van der Waals surface area contributed by atoms with Crippen LogP contribution in [-0.4, -0.2) is 39.8 Å². The zero-order valence-corrected chi connectivity index (χ0v) is 20.3. The van der Waals surface area contributed by atoms with Gasteiger partial charge in [0.25, 0.3) is 0 Å². The number of halogens is 1. The van der Waals surface area contributed by atoms with Crippen LogP contribution in [0.3, 0.4) is 0 Å². The SMILES string of the molecule is CC(C)(C)NCCCn1c(Sc2cc3c(cc2[124I])OCCO3)nc2c(N)nccc21. The van der Waals surface area contributed by atoms with Crippen molar-refractivity contribution in [2.24, 2.45) is 0 Å². The Bertz CT molecular complexity index is 1060. The predicted octanol–water partition coefficient (Wildman–Crippen LogP) is 4.32. The van der Waals surface area contributed by atoms with Crippen LogP contribution in [0.15, 0.2) is 34.4 Å². The topological polar surface area (TPSA) is 87.2 Å². The van der Waals surface area contributed by atoms with Crippen molar-refractivity contribution in [2.75, 3.05) is 25.5 Å². The lowest BCUT2D eigenvalue weighted by Gasteiger charge is -2.21. The number of benzene rings is 1. The number of nitrogens with one attached hydrogen (secondary N) is 1. The van der Waals surface area contributed by atoms with Crippen LogP contribution >= 0.6 is 34.4 Å². The Morgan fingerprint density at radius 1 is 1.23 bits per heavy atom. The van der Waals surface area contributed by atoms with Gasteiger partial charge in [0.15, 0.2) is 22.5 Å². The fourth-order valence-electron chi connectivity index (χ4n) is 3.27. The molecule has 0 aliphatic carbocycles. The molecule has 0 amide bonds. The quantitative estimate of drug-likeness (QED) is 0.359. The molecule has 30 heavy (non-hydrogen) atoms. The van der Waals surface area contributed by atoms with E-state index in [0.29, 0.717) is 19.0 Å². The minimum atomic E-state index is 0.101. The highest BCUT2D eigenvalue weighted by atomic mass is 124.